The minimum absolute atomic E-state index is 0.180. The maximum atomic E-state index is 4.50. The summed E-state index contributed by atoms with van der Waals surface area (Å²) in [4.78, 5) is 0. The average Bonchev–Trinajstić information content (AvgIpc) is 3.09. The van der Waals surface area contributed by atoms with E-state index in [1.165, 1.54) is 41.6 Å². The van der Waals surface area contributed by atoms with E-state index < -0.39 is 0 Å². The second kappa shape index (κ2) is 6.32. The first kappa shape index (κ1) is 14.8. The molecule has 0 spiro atoms. The molecule has 4 heteroatoms. The van der Waals surface area contributed by atoms with Gasteiger partial charge in [0.05, 0.1) is 22.4 Å². The van der Waals surface area contributed by atoms with E-state index in [9.17, 15) is 0 Å². The van der Waals surface area contributed by atoms with E-state index in [4.69, 9.17) is 0 Å². The van der Waals surface area contributed by atoms with Crippen LogP contribution in [0.15, 0.2) is 28.9 Å². The molecule has 0 amide bonds. The highest BCUT2D eigenvalue weighted by Gasteiger charge is 2.22. The molecule has 3 nitrogen and oxygen atoms in total. The van der Waals surface area contributed by atoms with Gasteiger partial charge in [0.15, 0.2) is 0 Å². The molecule has 3 rings (SSSR count). The molecule has 21 heavy (non-hydrogen) atoms. The van der Waals surface area contributed by atoms with E-state index in [1.807, 2.05) is 13.2 Å². The summed E-state index contributed by atoms with van der Waals surface area (Å²) < 4.78 is 3.19. The first-order valence-electron chi connectivity index (χ1n) is 7.74. The van der Waals surface area contributed by atoms with Crippen LogP contribution in [0, 0.1) is 0 Å². The van der Waals surface area contributed by atoms with Crippen molar-refractivity contribution in [3.63, 3.8) is 0 Å². The summed E-state index contributed by atoms with van der Waals surface area (Å²) in [5.41, 5.74) is 5.59. The lowest BCUT2D eigenvalue weighted by molar-refractivity contribution is 0.533. The fraction of sp³-hybridized carbons (Fsp3) is 0.471. The maximum absolute atomic E-state index is 4.50. The summed E-state index contributed by atoms with van der Waals surface area (Å²) in [6, 6.07) is 7.12. The van der Waals surface area contributed by atoms with Crippen molar-refractivity contribution in [2.24, 2.45) is 0 Å². The fourth-order valence-corrected chi connectivity index (χ4v) is 3.81. The number of aryl methyl sites for hydroxylation is 3. The third kappa shape index (κ3) is 2.79. The maximum Gasteiger partial charge on any atom is 0.0757 e. The Hall–Kier alpha value is -1.13. The van der Waals surface area contributed by atoms with Crippen LogP contribution in [-0.2, 0) is 19.4 Å². The van der Waals surface area contributed by atoms with Gasteiger partial charge in [0.2, 0.25) is 0 Å². The number of fused-ring (bicyclic) bond motifs is 1. The zero-order chi connectivity index (χ0) is 14.8. The summed E-state index contributed by atoms with van der Waals surface area (Å²) in [5, 5.41) is 7.96. The van der Waals surface area contributed by atoms with Crippen LogP contribution in [0.2, 0.25) is 0 Å². The number of rotatable bonds is 5. The molecule has 0 saturated heterocycles. The number of hydrogen-bond donors (Lipinski definition) is 1. The molecule has 1 aliphatic carbocycles. The van der Waals surface area contributed by atoms with Gasteiger partial charge in [-0.3, -0.25) is 4.68 Å². The highest BCUT2D eigenvalue weighted by Crippen LogP contribution is 2.31. The quantitative estimate of drug-likeness (QED) is 0.889. The Kier molecular flexibility index (Phi) is 4.45. The molecule has 1 aromatic heterocycles. The predicted octanol–water partition coefficient (Wildman–Crippen LogP) is 3.85. The second-order valence-corrected chi connectivity index (χ2v) is 6.56. The van der Waals surface area contributed by atoms with Crippen LogP contribution in [0.25, 0.3) is 0 Å². The molecule has 1 atom stereocenters. The minimum atomic E-state index is 0.180. The van der Waals surface area contributed by atoms with Crippen molar-refractivity contribution in [1.29, 1.82) is 0 Å². The van der Waals surface area contributed by atoms with Crippen LogP contribution in [0.3, 0.4) is 0 Å². The zero-order valence-corrected chi connectivity index (χ0v) is 14.3. The van der Waals surface area contributed by atoms with Crippen molar-refractivity contribution in [3.8, 4) is 0 Å². The van der Waals surface area contributed by atoms with Gasteiger partial charge in [-0.1, -0.05) is 25.1 Å². The van der Waals surface area contributed by atoms with Crippen molar-refractivity contribution in [3.05, 3.63) is 51.3 Å². The monoisotopic (exact) mass is 347 g/mol. The Morgan fingerprint density at radius 3 is 2.90 bits per heavy atom. The van der Waals surface area contributed by atoms with E-state index in [2.05, 4.69) is 56.2 Å². The topological polar surface area (TPSA) is 29.9 Å². The van der Waals surface area contributed by atoms with Crippen molar-refractivity contribution in [1.82, 2.24) is 15.1 Å². The van der Waals surface area contributed by atoms with Gasteiger partial charge < -0.3 is 5.32 Å². The van der Waals surface area contributed by atoms with Crippen LogP contribution in [0.5, 0.6) is 0 Å². The summed E-state index contributed by atoms with van der Waals surface area (Å²) in [5.74, 6) is 0. The van der Waals surface area contributed by atoms with Gasteiger partial charge in [0, 0.05) is 6.54 Å². The number of aromatic nitrogens is 2. The second-order valence-electron chi connectivity index (χ2n) is 5.70. The van der Waals surface area contributed by atoms with Crippen LogP contribution in [0.4, 0.5) is 0 Å². The van der Waals surface area contributed by atoms with Crippen LogP contribution in [0.1, 0.15) is 48.2 Å². The molecule has 1 aromatic carbocycles. The number of nitrogens with zero attached hydrogens (tertiary/aromatic N) is 2. The van der Waals surface area contributed by atoms with Crippen molar-refractivity contribution < 1.29 is 0 Å². The third-order valence-electron chi connectivity index (χ3n) is 4.29. The van der Waals surface area contributed by atoms with Gasteiger partial charge in [0.25, 0.3) is 0 Å². The number of hydrogen-bond acceptors (Lipinski definition) is 2. The summed E-state index contributed by atoms with van der Waals surface area (Å²) >= 11 is 3.66. The molecule has 0 aliphatic heterocycles. The van der Waals surface area contributed by atoms with E-state index >= 15 is 0 Å². The Morgan fingerprint density at radius 2 is 2.14 bits per heavy atom. The Labute approximate surface area is 134 Å². The minimum Gasteiger partial charge on any atom is -0.308 e. The van der Waals surface area contributed by atoms with Gasteiger partial charge in [-0.15, -0.1) is 0 Å². The highest BCUT2D eigenvalue weighted by molar-refractivity contribution is 9.10. The van der Waals surface area contributed by atoms with Gasteiger partial charge >= 0.3 is 0 Å². The Morgan fingerprint density at radius 1 is 1.33 bits per heavy atom. The Bertz CT molecular complexity index is 633. The number of benzene rings is 1. The highest BCUT2D eigenvalue weighted by atomic mass is 79.9. The molecule has 1 heterocycles. The van der Waals surface area contributed by atoms with Gasteiger partial charge in [-0.05, 0) is 65.4 Å². The van der Waals surface area contributed by atoms with Crippen molar-refractivity contribution in [2.75, 3.05) is 7.05 Å². The lowest BCUT2D eigenvalue weighted by Crippen LogP contribution is -2.22. The van der Waals surface area contributed by atoms with E-state index in [-0.39, 0.29) is 6.04 Å². The molecular weight excluding hydrogens is 326 g/mol. The molecule has 0 radical (unpaired) electrons. The van der Waals surface area contributed by atoms with Crippen molar-refractivity contribution >= 4 is 15.9 Å². The van der Waals surface area contributed by atoms with Crippen LogP contribution >= 0.6 is 15.9 Å². The molecule has 1 unspecified atom stereocenters. The van der Waals surface area contributed by atoms with Crippen molar-refractivity contribution in [2.45, 2.75) is 45.2 Å². The van der Waals surface area contributed by atoms with Gasteiger partial charge in [-0.2, -0.15) is 5.10 Å². The first-order valence-corrected chi connectivity index (χ1v) is 8.54. The van der Waals surface area contributed by atoms with E-state index in [0.29, 0.717) is 0 Å². The number of nitrogens with one attached hydrogen (secondary N) is 1. The summed E-state index contributed by atoms with van der Waals surface area (Å²) in [6.07, 6.45) is 6.73. The summed E-state index contributed by atoms with van der Waals surface area (Å²) in [6.45, 7) is 3.13. The zero-order valence-electron chi connectivity index (χ0n) is 12.7. The lowest BCUT2D eigenvalue weighted by Gasteiger charge is -2.20. The molecule has 1 aliphatic rings. The molecular formula is C17H22BrN3. The normalized spacial score (nSPS) is 15.2. The van der Waals surface area contributed by atoms with Gasteiger partial charge in [0.1, 0.15) is 0 Å². The number of halogens is 1. The van der Waals surface area contributed by atoms with Crippen LogP contribution < -0.4 is 5.32 Å². The predicted molar refractivity (Wildman–Crippen MR) is 89.6 cm³/mol. The third-order valence-corrected chi connectivity index (χ3v) is 4.90. The smallest absolute Gasteiger partial charge is 0.0757 e. The SMILES string of the molecule is CCCn1ncc(Br)c1C(NC)c1ccc2c(c1)CCC2. The molecule has 0 fully saturated rings. The van der Waals surface area contributed by atoms with Gasteiger partial charge in [-0.25, -0.2) is 0 Å². The standard InChI is InChI=1S/C17H22BrN3/c1-3-9-21-17(15(18)11-20-21)16(19-2)14-8-7-12-5-4-6-13(12)10-14/h7-8,10-11,16,19H,3-6,9H2,1-2H3. The molecule has 0 bridgehead atoms. The Balaban J connectivity index is 2.00. The largest absolute Gasteiger partial charge is 0.308 e. The molecule has 0 saturated carbocycles. The van der Waals surface area contributed by atoms with E-state index in [0.717, 1.165) is 17.4 Å². The first-order chi connectivity index (χ1) is 10.2. The fourth-order valence-electron chi connectivity index (χ4n) is 3.28. The summed E-state index contributed by atoms with van der Waals surface area (Å²) in [7, 11) is 2.02. The molecule has 2 aromatic rings. The average molecular weight is 348 g/mol. The molecule has 112 valence electrons. The van der Waals surface area contributed by atoms with E-state index in [1.54, 1.807) is 0 Å². The lowest BCUT2D eigenvalue weighted by atomic mass is 9.99. The van der Waals surface area contributed by atoms with Crippen LogP contribution in [-0.4, -0.2) is 16.8 Å². The molecule has 1 N–H and O–H groups in total.